The minimum atomic E-state index is -2.61. The molecule has 0 saturated heterocycles. The van der Waals surface area contributed by atoms with Gasteiger partial charge in [-0.05, 0) is 59.1 Å². The van der Waals surface area contributed by atoms with Crippen molar-refractivity contribution in [3.05, 3.63) is 46.3 Å². The van der Waals surface area contributed by atoms with Crippen molar-refractivity contribution in [3.8, 4) is 17.1 Å². The number of nitrogens with zero attached hydrogens (tertiary/aromatic N) is 4. The predicted molar refractivity (Wildman–Crippen MR) is 111 cm³/mol. The van der Waals surface area contributed by atoms with Crippen LogP contribution in [0.1, 0.15) is 0 Å². The largest absolute Gasteiger partial charge is 0.480 e. The van der Waals surface area contributed by atoms with Gasteiger partial charge in [0.1, 0.15) is 13.0 Å². The van der Waals surface area contributed by atoms with Crippen LogP contribution in [0.4, 0.5) is 11.5 Å². The van der Waals surface area contributed by atoms with Gasteiger partial charge >= 0.3 is 0 Å². The zero-order valence-electron chi connectivity index (χ0n) is 14.8. The van der Waals surface area contributed by atoms with Crippen LogP contribution >= 0.6 is 34.7 Å². The first-order valence-corrected chi connectivity index (χ1v) is 11.6. The highest BCUT2D eigenvalue weighted by atomic mass is 79.9. The van der Waals surface area contributed by atoms with Crippen molar-refractivity contribution in [1.29, 1.82) is 0 Å². The molecule has 10 heteroatoms. The fourth-order valence-electron chi connectivity index (χ4n) is 2.39. The van der Waals surface area contributed by atoms with Crippen LogP contribution in [-0.2, 0) is 4.57 Å². The van der Waals surface area contributed by atoms with Crippen LogP contribution in [0, 0.1) is 0 Å². The van der Waals surface area contributed by atoms with Gasteiger partial charge in [0.15, 0.2) is 0 Å². The topological polar surface area (TPSA) is 89.9 Å². The quantitative estimate of drug-likeness (QED) is 0.440. The Morgan fingerprint density at radius 1 is 1.19 bits per heavy atom. The van der Waals surface area contributed by atoms with Crippen LogP contribution < -0.4 is 15.4 Å². The number of hydrogen-bond acceptors (Lipinski definition) is 7. The number of halogens is 2. The number of anilines is 2. The highest BCUT2D eigenvalue weighted by molar-refractivity contribution is 9.10. The molecule has 0 unspecified atom stereocenters. The molecule has 2 aromatic heterocycles. The van der Waals surface area contributed by atoms with Gasteiger partial charge in [0, 0.05) is 23.1 Å². The van der Waals surface area contributed by atoms with Gasteiger partial charge in [-0.15, -0.1) is 10.2 Å². The summed E-state index contributed by atoms with van der Waals surface area (Å²) < 4.78 is 18.6. The van der Waals surface area contributed by atoms with E-state index in [9.17, 15) is 4.57 Å². The molecule has 0 atom stereocenters. The zero-order chi connectivity index (χ0) is 19.6. The van der Waals surface area contributed by atoms with E-state index in [-0.39, 0.29) is 5.28 Å². The molecule has 3 aromatic rings. The van der Waals surface area contributed by atoms with E-state index >= 15 is 0 Å². The van der Waals surface area contributed by atoms with Crippen molar-refractivity contribution >= 4 is 51.5 Å². The molecule has 1 aromatic carbocycles. The maximum atomic E-state index is 12.9. The minimum Gasteiger partial charge on any atom is -0.480 e. The Morgan fingerprint density at radius 2 is 1.96 bits per heavy atom. The summed E-state index contributed by atoms with van der Waals surface area (Å²) in [6.45, 7) is 3.41. The summed E-state index contributed by atoms with van der Waals surface area (Å²) in [6.07, 6.45) is 1.55. The molecule has 140 valence electrons. The Labute approximate surface area is 170 Å². The summed E-state index contributed by atoms with van der Waals surface area (Å²) in [7, 11) is -1.08. The lowest BCUT2D eigenvalue weighted by atomic mass is 10.1. The summed E-state index contributed by atoms with van der Waals surface area (Å²) in [5.41, 5.74) is 2.13. The van der Waals surface area contributed by atoms with Gasteiger partial charge in [-0.2, -0.15) is 4.98 Å². The molecule has 7 nitrogen and oxygen atoms in total. The number of benzene rings is 1. The van der Waals surface area contributed by atoms with Gasteiger partial charge < -0.3 is 14.6 Å². The van der Waals surface area contributed by atoms with E-state index in [1.807, 2.05) is 18.2 Å². The zero-order valence-corrected chi connectivity index (χ0v) is 18.0. The maximum Gasteiger partial charge on any atom is 0.233 e. The second-order valence-corrected chi connectivity index (χ2v) is 10.4. The van der Waals surface area contributed by atoms with Crippen LogP contribution in [0.15, 0.2) is 41.0 Å². The summed E-state index contributed by atoms with van der Waals surface area (Å²) in [5, 5.41) is 12.1. The van der Waals surface area contributed by atoms with Crippen LogP contribution in [-0.4, -0.2) is 40.6 Å². The van der Waals surface area contributed by atoms with Crippen molar-refractivity contribution in [2.24, 2.45) is 0 Å². The van der Waals surface area contributed by atoms with Crippen LogP contribution in [0.3, 0.4) is 0 Å². The normalized spacial score (nSPS) is 11.3. The fraction of sp³-hybridized carbons (Fsp3) is 0.176. The molecular formula is C17H16BrClN5O2P. The van der Waals surface area contributed by atoms with Gasteiger partial charge in [0.2, 0.25) is 11.2 Å². The Hall–Kier alpha value is -2.02. The number of ether oxygens (including phenoxy) is 1. The Bertz CT molecular complexity index is 1030. The first-order valence-electron chi connectivity index (χ1n) is 7.80. The van der Waals surface area contributed by atoms with Crippen molar-refractivity contribution in [2.45, 2.75) is 0 Å². The molecule has 2 heterocycles. The molecule has 0 aliphatic rings. The highest BCUT2D eigenvalue weighted by Crippen LogP contribution is 2.40. The molecule has 3 rings (SSSR count). The fourth-order valence-corrected chi connectivity index (χ4v) is 3.97. The van der Waals surface area contributed by atoms with Gasteiger partial charge in [-0.3, -0.25) is 0 Å². The number of hydrogen-bond donors (Lipinski definition) is 1. The molecule has 0 aliphatic carbocycles. The first kappa shape index (κ1) is 19.7. The third-order valence-corrected chi connectivity index (χ3v) is 5.98. The Morgan fingerprint density at radius 3 is 2.59 bits per heavy atom. The number of aromatic nitrogens is 4. The maximum absolute atomic E-state index is 12.9. The minimum absolute atomic E-state index is 0.114. The molecule has 0 spiro atoms. The van der Waals surface area contributed by atoms with E-state index in [1.54, 1.807) is 31.7 Å². The smallest absolute Gasteiger partial charge is 0.233 e. The van der Waals surface area contributed by atoms with E-state index in [1.165, 1.54) is 7.11 Å². The summed E-state index contributed by atoms with van der Waals surface area (Å²) in [6, 6.07) is 9.07. The van der Waals surface area contributed by atoms with Gasteiger partial charge in [-0.25, -0.2) is 4.98 Å². The van der Waals surface area contributed by atoms with Crippen molar-refractivity contribution in [2.75, 3.05) is 25.8 Å². The van der Waals surface area contributed by atoms with Gasteiger partial charge in [0.05, 0.1) is 23.0 Å². The average Bonchev–Trinajstić information content (AvgIpc) is 2.64. The lowest BCUT2D eigenvalue weighted by molar-refractivity contribution is 0.392. The molecule has 0 aliphatic heterocycles. The number of nitrogens with one attached hydrogen (secondary N) is 1. The van der Waals surface area contributed by atoms with E-state index in [2.05, 4.69) is 41.4 Å². The Kier molecular flexibility index (Phi) is 5.79. The molecule has 0 saturated carbocycles. The Balaban J connectivity index is 2.04. The predicted octanol–water partition coefficient (Wildman–Crippen LogP) is 4.35. The molecule has 0 radical (unpaired) electrons. The van der Waals surface area contributed by atoms with Gasteiger partial charge in [0.25, 0.3) is 0 Å². The van der Waals surface area contributed by atoms with E-state index in [0.29, 0.717) is 32.9 Å². The van der Waals surface area contributed by atoms with Crippen LogP contribution in [0.5, 0.6) is 5.88 Å². The standard InChI is InChI=1S/C17H16BrClN5O2P/c1-26-15-7-6-12(23-24-15)10-4-5-13(14(8-10)27(2,3)25)21-16-11(18)9-20-17(19)22-16/h4-9H,1-3H3,(H,20,21,22). The number of methoxy groups -OCH3 is 1. The monoisotopic (exact) mass is 467 g/mol. The molecule has 27 heavy (non-hydrogen) atoms. The number of rotatable bonds is 5. The lowest BCUT2D eigenvalue weighted by Gasteiger charge is -2.17. The first-order chi connectivity index (χ1) is 12.8. The van der Waals surface area contributed by atoms with Crippen LogP contribution in [0.25, 0.3) is 11.3 Å². The average molecular weight is 469 g/mol. The molecule has 0 fully saturated rings. The van der Waals surface area contributed by atoms with E-state index in [4.69, 9.17) is 16.3 Å². The summed E-state index contributed by atoms with van der Waals surface area (Å²) in [5.74, 6) is 0.918. The SMILES string of the molecule is COc1ccc(-c2ccc(Nc3nc(Cl)ncc3Br)c(P(C)(C)=O)c2)nn1. The highest BCUT2D eigenvalue weighted by Gasteiger charge is 2.19. The summed E-state index contributed by atoms with van der Waals surface area (Å²) in [4.78, 5) is 8.07. The van der Waals surface area contributed by atoms with Crippen molar-refractivity contribution in [1.82, 2.24) is 20.2 Å². The van der Waals surface area contributed by atoms with Crippen molar-refractivity contribution in [3.63, 3.8) is 0 Å². The van der Waals surface area contributed by atoms with Crippen molar-refractivity contribution < 1.29 is 9.30 Å². The van der Waals surface area contributed by atoms with E-state index < -0.39 is 7.14 Å². The second kappa shape index (κ2) is 7.92. The van der Waals surface area contributed by atoms with E-state index in [0.717, 1.165) is 5.56 Å². The second-order valence-electron chi connectivity index (χ2n) is 6.00. The molecule has 0 amide bonds. The third-order valence-electron chi connectivity index (χ3n) is 3.69. The summed E-state index contributed by atoms with van der Waals surface area (Å²) >= 11 is 9.26. The van der Waals surface area contributed by atoms with Gasteiger partial charge in [-0.1, -0.05) is 6.07 Å². The third kappa shape index (κ3) is 4.64. The lowest BCUT2D eigenvalue weighted by Crippen LogP contribution is -2.11. The molecule has 1 N–H and O–H groups in total. The molecule has 0 bridgehead atoms. The molecular weight excluding hydrogens is 453 g/mol. The van der Waals surface area contributed by atoms with Crippen LogP contribution in [0.2, 0.25) is 5.28 Å².